The molecular weight excluding hydrogens is 420 g/mol. The number of carbonyl (C=O) groups excluding carboxylic acids is 1. The van der Waals surface area contributed by atoms with Crippen molar-refractivity contribution in [3.8, 4) is 10.6 Å². The molecular formula is C24H32N6OS. The van der Waals surface area contributed by atoms with Crippen LogP contribution in [-0.4, -0.2) is 78.5 Å². The second kappa shape index (κ2) is 9.94. The molecule has 170 valence electrons. The van der Waals surface area contributed by atoms with Gasteiger partial charge in [-0.15, -0.1) is 11.3 Å². The maximum atomic E-state index is 12.2. The minimum absolute atomic E-state index is 0.0728. The molecule has 4 rings (SSSR count). The number of amides is 1. The van der Waals surface area contributed by atoms with E-state index in [0.29, 0.717) is 17.6 Å². The van der Waals surface area contributed by atoms with Crippen LogP contribution in [0.5, 0.6) is 0 Å². The summed E-state index contributed by atoms with van der Waals surface area (Å²) in [5, 5.41) is 7.08. The first-order chi connectivity index (χ1) is 15.5. The van der Waals surface area contributed by atoms with Gasteiger partial charge in [0, 0.05) is 67.7 Å². The van der Waals surface area contributed by atoms with Crippen molar-refractivity contribution in [3.05, 3.63) is 41.6 Å². The zero-order valence-electron chi connectivity index (χ0n) is 19.3. The van der Waals surface area contributed by atoms with Crippen LogP contribution >= 0.6 is 11.3 Å². The molecule has 1 aromatic carbocycles. The highest BCUT2D eigenvalue weighted by molar-refractivity contribution is 7.22. The van der Waals surface area contributed by atoms with Gasteiger partial charge in [0.2, 0.25) is 5.95 Å². The molecule has 2 aromatic heterocycles. The molecule has 1 aliphatic rings. The van der Waals surface area contributed by atoms with E-state index in [9.17, 15) is 4.79 Å². The van der Waals surface area contributed by atoms with E-state index in [1.165, 1.54) is 0 Å². The number of carbonyl (C=O) groups is 1. The maximum absolute atomic E-state index is 12.2. The normalized spacial score (nSPS) is 17.6. The third-order valence-corrected chi connectivity index (χ3v) is 7.22. The molecule has 0 unspecified atom stereocenters. The van der Waals surface area contributed by atoms with Gasteiger partial charge in [-0.3, -0.25) is 9.69 Å². The van der Waals surface area contributed by atoms with E-state index < -0.39 is 0 Å². The van der Waals surface area contributed by atoms with Crippen LogP contribution in [0.1, 0.15) is 29.3 Å². The Bertz CT molecular complexity index is 1100. The van der Waals surface area contributed by atoms with Gasteiger partial charge in [0.1, 0.15) is 0 Å². The number of aryl methyl sites for hydroxylation is 1. The Kier molecular flexibility index (Phi) is 7.03. The Hall–Kier alpha value is -2.55. The molecule has 8 heteroatoms. The molecule has 3 aromatic rings. The largest absolute Gasteiger partial charge is 0.355 e. The zero-order chi connectivity index (χ0) is 22.7. The van der Waals surface area contributed by atoms with E-state index in [4.69, 9.17) is 4.98 Å². The molecule has 0 radical (unpaired) electrons. The van der Waals surface area contributed by atoms with Gasteiger partial charge in [-0.05, 0) is 51.1 Å². The first-order valence-corrected chi connectivity index (χ1v) is 12.0. The highest BCUT2D eigenvalue weighted by Gasteiger charge is 2.20. The predicted molar refractivity (Wildman–Crippen MR) is 133 cm³/mol. The average Bonchev–Trinajstić information content (AvgIpc) is 3.22. The van der Waals surface area contributed by atoms with Crippen molar-refractivity contribution in [1.29, 1.82) is 0 Å². The lowest BCUT2D eigenvalue weighted by atomic mass is 10.1. The van der Waals surface area contributed by atoms with Crippen molar-refractivity contribution in [3.63, 3.8) is 0 Å². The molecule has 0 bridgehead atoms. The lowest BCUT2D eigenvalue weighted by molar-refractivity contribution is 0.0964. The molecule has 1 atom stereocenters. The molecule has 32 heavy (non-hydrogen) atoms. The Morgan fingerprint density at radius 2 is 2.16 bits per heavy atom. The summed E-state index contributed by atoms with van der Waals surface area (Å²) >= 11 is 1.65. The third kappa shape index (κ3) is 4.92. The van der Waals surface area contributed by atoms with E-state index in [2.05, 4.69) is 45.5 Å². The van der Waals surface area contributed by atoms with Gasteiger partial charge in [-0.2, -0.15) is 0 Å². The molecule has 1 aliphatic heterocycles. The Balaban J connectivity index is 1.44. The van der Waals surface area contributed by atoms with Gasteiger partial charge in [0.25, 0.3) is 5.91 Å². The van der Waals surface area contributed by atoms with Gasteiger partial charge in [-0.1, -0.05) is 6.07 Å². The average molecular weight is 453 g/mol. The number of thiophene rings is 1. The number of fused-ring (bicyclic) bond motifs is 1. The number of rotatable bonds is 7. The number of hydrogen-bond acceptors (Lipinski definition) is 7. The van der Waals surface area contributed by atoms with Gasteiger partial charge < -0.3 is 15.5 Å². The first-order valence-electron chi connectivity index (χ1n) is 11.2. The zero-order valence-corrected chi connectivity index (χ0v) is 20.1. The van der Waals surface area contributed by atoms with Crippen LogP contribution in [0.15, 0.2) is 30.5 Å². The Morgan fingerprint density at radius 3 is 2.94 bits per heavy atom. The Labute approximate surface area is 193 Å². The minimum Gasteiger partial charge on any atom is -0.355 e. The summed E-state index contributed by atoms with van der Waals surface area (Å²) in [6, 6.07) is 8.50. The summed E-state index contributed by atoms with van der Waals surface area (Å²) in [7, 11) is 3.85. The summed E-state index contributed by atoms with van der Waals surface area (Å²) in [6.07, 6.45) is 2.93. The topological polar surface area (TPSA) is 73.4 Å². The lowest BCUT2D eigenvalue weighted by Gasteiger charge is -2.38. The smallest absolute Gasteiger partial charge is 0.251 e. The van der Waals surface area contributed by atoms with Gasteiger partial charge in [0.15, 0.2) is 0 Å². The lowest BCUT2D eigenvalue weighted by Crippen LogP contribution is -2.50. The van der Waals surface area contributed by atoms with E-state index in [0.717, 1.165) is 65.4 Å². The van der Waals surface area contributed by atoms with Crippen LogP contribution in [0.3, 0.4) is 0 Å². The predicted octanol–water partition coefficient (Wildman–Crippen LogP) is 3.46. The van der Waals surface area contributed by atoms with E-state index in [1.54, 1.807) is 18.4 Å². The van der Waals surface area contributed by atoms with Crippen LogP contribution in [-0.2, 0) is 0 Å². The molecule has 1 amide bonds. The number of aromatic nitrogens is 2. The van der Waals surface area contributed by atoms with Crippen LogP contribution in [0.2, 0.25) is 0 Å². The summed E-state index contributed by atoms with van der Waals surface area (Å²) in [5.41, 5.74) is 2.63. The van der Waals surface area contributed by atoms with Gasteiger partial charge >= 0.3 is 0 Å². The number of nitrogens with zero attached hydrogens (tertiary/aromatic N) is 4. The van der Waals surface area contributed by atoms with Gasteiger partial charge in [-0.25, -0.2) is 9.97 Å². The Morgan fingerprint density at radius 1 is 1.31 bits per heavy atom. The molecule has 1 saturated heterocycles. The van der Waals surface area contributed by atoms with E-state index in [1.807, 2.05) is 31.3 Å². The van der Waals surface area contributed by atoms with Crippen LogP contribution < -0.4 is 10.6 Å². The van der Waals surface area contributed by atoms with Crippen LogP contribution in [0, 0.1) is 6.92 Å². The summed E-state index contributed by atoms with van der Waals surface area (Å²) in [5.74, 6) is 0.581. The van der Waals surface area contributed by atoms with Crippen LogP contribution in [0.25, 0.3) is 20.7 Å². The number of piperazine rings is 1. The second-order valence-electron chi connectivity index (χ2n) is 8.56. The van der Waals surface area contributed by atoms with E-state index in [-0.39, 0.29) is 5.91 Å². The fraction of sp³-hybridized carbons (Fsp3) is 0.458. The van der Waals surface area contributed by atoms with Gasteiger partial charge in [0.05, 0.1) is 10.6 Å². The highest BCUT2D eigenvalue weighted by atomic mass is 32.1. The molecule has 7 nitrogen and oxygen atoms in total. The second-order valence-corrected chi connectivity index (χ2v) is 9.64. The van der Waals surface area contributed by atoms with Crippen LogP contribution in [0.4, 0.5) is 5.95 Å². The molecule has 0 saturated carbocycles. The summed E-state index contributed by atoms with van der Waals surface area (Å²) < 4.78 is 1.08. The fourth-order valence-electron chi connectivity index (χ4n) is 4.28. The quantitative estimate of drug-likeness (QED) is 0.535. The first kappa shape index (κ1) is 22.6. The number of benzene rings is 1. The van der Waals surface area contributed by atoms with Crippen molar-refractivity contribution < 1.29 is 4.79 Å². The summed E-state index contributed by atoms with van der Waals surface area (Å²) in [6.45, 7) is 9.66. The third-order valence-electron chi connectivity index (χ3n) is 6.11. The highest BCUT2D eigenvalue weighted by Crippen LogP contribution is 2.35. The standard InChI is InChI=1S/C24H32N6OS/c1-16-14-27-24(26-9-6-10-30-12-11-29(4)15-17(30)2)28-22(16)21-13-19-18(23(31)25-3)7-5-8-20(19)32-21/h5,7-8,13-14,17H,6,9-12,15H2,1-4H3,(H,25,31)(H,26,27,28)/t17-/m1/s1. The van der Waals surface area contributed by atoms with E-state index >= 15 is 0 Å². The van der Waals surface area contributed by atoms with Crippen molar-refractivity contribution >= 4 is 33.3 Å². The minimum atomic E-state index is -0.0728. The van der Waals surface area contributed by atoms with Crippen molar-refractivity contribution in [2.75, 3.05) is 52.1 Å². The summed E-state index contributed by atoms with van der Waals surface area (Å²) in [4.78, 5) is 27.5. The number of anilines is 1. The van der Waals surface area contributed by atoms with Crippen molar-refractivity contribution in [2.24, 2.45) is 0 Å². The fourth-order valence-corrected chi connectivity index (χ4v) is 5.42. The number of hydrogen-bond donors (Lipinski definition) is 2. The molecule has 0 spiro atoms. The van der Waals surface area contributed by atoms with Crippen molar-refractivity contribution in [2.45, 2.75) is 26.3 Å². The molecule has 0 aliphatic carbocycles. The molecule has 3 heterocycles. The molecule has 2 N–H and O–H groups in total. The van der Waals surface area contributed by atoms with Crippen molar-refractivity contribution in [1.82, 2.24) is 25.1 Å². The number of likely N-dealkylation sites (N-methyl/N-ethyl adjacent to an activating group) is 1. The SMILES string of the molecule is CNC(=O)c1cccc2sc(-c3nc(NCCCN4CCN(C)C[C@H]4C)ncc3C)cc12. The maximum Gasteiger partial charge on any atom is 0.251 e. The monoisotopic (exact) mass is 452 g/mol. The number of nitrogens with one attached hydrogen (secondary N) is 2. The molecule has 1 fully saturated rings.